The fourth-order valence-corrected chi connectivity index (χ4v) is 10.7. The maximum absolute atomic E-state index is 2.40. The molecule has 0 aliphatic rings. The van der Waals surface area contributed by atoms with Crippen molar-refractivity contribution in [2.45, 2.75) is 0 Å². The summed E-state index contributed by atoms with van der Waals surface area (Å²) in [5, 5.41) is 5.14. The molecule has 0 fully saturated rings. The molecule has 0 saturated carbocycles. The molecule has 0 aliphatic heterocycles. The summed E-state index contributed by atoms with van der Waals surface area (Å²) in [7, 11) is 0. The van der Waals surface area contributed by atoms with Gasteiger partial charge >= 0.3 is 0 Å². The Morgan fingerprint density at radius 2 is 0.697 bits per heavy atom. The molecule has 12 aromatic rings. The maximum Gasteiger partial charge on any atom is 0.0540 e. The first-order valence-electron chi connectivity index (χ1n) is 22.6. The Hall–Kier alpha value is -8.30. The Morgan fingerprint density at radius 1 is 0.258 bits per heavy atom. The van der Waals surface area contributed by atoms with Gasteiger partial charge in [-0.2, -0.15) is 0 Å². The second-order valence-corrected chi connectivity index (χ2v) is 17.9. The lowest BCUT2D eigenvalue weighted by Crippen LogP contribution is -2.11. The summed E-state index contributed by atoms with van der Waals surface area (Å²) in [5.74, 6) is 0. The lowest BCUT2D eigenvalue weighted by Gasteiger charge is -2.28. The first kappa shape index (κ1) is 39.3. The molecule has 12 rings (SSSR count). The van der Waals surface area contributed by atoms with Gasteiger partial charge in [0.05, 0.1) is 5.69 Å². The number of anilines is 3. The molecule has 0 bridgehead atoms. The number of benzene rings is 11. The summed E-state index contributed by atoms with van der Waals surface area (Å²) in [6, 6.07) is 95.0. The standard InChI is InChI=1S/C64H43NS/c1-2-12-44(13-3-1)46-28-31-50(32-29-46)58-18-6-8-22-62(58)65(57-40-36-51(37-41-57)59-20-11-21-61-60-19-7-9-23-63(60)66-64(59)61)56-38-34-48(35-39-56)47-24-26-49(27-25-47)53-16-10-17-54(42-53)55-33-30-45-14-4-5-15-52(45)43-55/h1-43H. The van der Waals surface area contributed by atoms with Crippen LogP contribution in [0.3, 0.4) is 0 Å². The van der Waals surface area contributed by atoms with E-state index in [0.29, 0.717) is 0 Å². The van der Waals surface area contributed by atoms with Crippen LogP contribution in [-0.2, 0) is 0 Å². The molecular weight excluding hydrogens is 815 g/mol. The van der Waals surface area contributed by atoms with Gasteiger partial charge in [-0.1, -0.05) is 212 Å². The van der Waals surface area contributed by atoms with Crippen molar-refractivity contribution in [1.82, 2.24) is 0 Å². The van der Waals surface area contributed by atoms with Gasteiger partial charge in [0.25, 0.3) is 0 Å². The van der Waals surface area contributed by atoms with Crippen LogP contribution in [-0.4, -0.2) is 0 Å². The molecule has 11 aromatic carbocycles. The van der Waals surface area contributed by atoms with Crippen molar-refractivity contribution < 1.29 is 0 Å². The number of para-hydroxylation sites is 1. The van der Waals surface area contributed by atoms with E-state index in [1.54, 1.807) is 0 Å². The van der Waals surface area contributed by atoms with E-state index in [2.05, 4.69) is 266 Å². The zero-order valence-electron chi connectivity index (χ0n) is 36.2. The highest BCUT2D eigenvalue weighted by atomic mass is 32.1. The van der Waals surface area contributed by atoms with Crippen LogP contribution in [0.4, 0.5) is 17.1 Å². The first-order chi connectivity index (χ1) is 32.7. The molecule has 0 atom stereocenters. The van der Waals surface area contributed by atoms with Gasteiger partial charge in [0.1, 0.15) is 0 Å². The van der Waals surface area contributed by atoms with Crippen LogP contribution in [0.1, 0.15) is 0 Å². The monoisotopic (exact) mass is 857 g/mol. The zero-order chi connectivity index (χ0) is 43.8. The number of nitrogens with zero attached hydrogens (tertiary/aromatic N) is 1. The van der Waals surface area contributed by atoms with Crippen molar-refractivity contribution in [1.29, 1.82) is 0 Å². The molecule has 2 heteroatoms. The molecule has 1 nitrogen and oxygen atoms in total. The molecule has 66 heavy (non-hydrogen) atoms. The molecule has 310 valence electrons. The van der Waals surface area contributed by atoms with Gasteiger partial charge in [0.2, 0.25) is 0 Å². The molecular formula is C64H43NS. The Morgan fingerprint density at radius 3 is 1.42 bits per heavy atom. The first-order valence-corrected chi connectivity index (χ1v) is 23.4. The highest BCUT2D eigenvalue weighted by Gasteiger charge is 2.19. The summed E-state index contributed by atoms with van der Waals surface area (Å²) in [4.78, 5) is 2.40. The topological polar surface area (TPSA) is 3.24 Å². The highest BCUT2D eigenvalue weighted by Crippen LogP contribution is 2.44. The molecule has 0 spiro atoms. The van der Waals surface area contributed by atoms with Crippen molar-refractivity contribution in [3.8, 4) is 66.8 Å². The summed E-state index contributed by atoms with van der Waals surface area (Å²) < 4.78 is 2.64. The van der Waals surface area contributed by atoms with Crippen LogP contribution in [0.2, 0.25) is 0 Å². The Bertz CT molecular complexity index is 3660. The third kappa shape index (κ3) is 7.44. The van der Waals surface area contributed by atoms with E-state index in [4.69, 9.17) is 0 Å². The Kier molecular flexibility index (Phi) is 10.1. The van der Waals surface area contributed by atoms with Crippen molar-refractivity contribution in [3.05, 3.63) is 261 Å². The van der Waals surface area contributed by atoms with Gasteiger partial charge < -0.3 is 4.90 Å². The molecule has 0 N–H and O–H groups in total. The predicted molar refractivity (Wildman–Crippen MR) is 284 cm³/mol. The smallest absolute Gasteiger partial charge is 0.0540 e. The summed E-state index contributed by atoms with van der Waals surface area (Å²) >= 11 is 1.87. The minimum atomic E-state index is 1.09. The van der Waals surface area contributed by atoms with E-state index in [9.17, 15) is 0 Å². The van der Waals surface area contributed by atoms with E-state index in [1.165, 1.54) is 97.7 Å². The zero-order valence-corrected chi connectivity index (χ0v) is 37.0. The van der Waals surface area contributed by atoms with Gasteiger partial charge in [-0.05, 0) is 121 Å². The largest absolute Gasteiger partial charge is 0.310 e. The molecule has 0 radical (unpaired) electrons. The van der Waals surface area contributed by atoms with Crippen LogP contribution >= 0.6 is 11.3 Å². The van der Waals surface area contributed by atoms with E-state index in [-0.39, 0.29) is 0 Å². The van der Waals surface area contributed by atoms with Gasteiger partial charge in [-0.25, -0.2) is 0 Å². The third-order valence-corrected chi connectivity index (χ3v) is 14.1. The molecule has 1 aromatic heterocycles. The van der Waals surface area contributed by atoms with Gasteiger partial charge in [-0.15, -0.1) is 11.3 Å². The normalized spacial score (nSPS) is 11.3. The maximum atomic E-state index is 2.40. The average molecular weight is 858 g/mol. The van der Waals surface area contributed by atoms with E-state index in [1.807, 2.05) is 11.3 Å². The lowest BCUT2D eigenvalue weighted by molar-refractivity contribution is 1.28. The third-order valence-electron chi connectivity index (χ3n) is 12.9. The van der Waals surface area contributed by atoms with Crippen LogP contribution in [0.5, 0.6) is 0 Å². The SMILES string of the molecule is c1ccc(-c2ccc(-c3ccccc3N(c3ccc(-c4ccc(-c5cccc(-c6ccc7ccccc7c6)c5)cc4)cc3)c3ccc(-c4cccc5c4sc4ccccc45)cc3)cc2)cc1. The lowest BCUT2D eigenvalue weighted by atomic mass is 9.96. The van der Waals surface area contributed by atoms with Crippen LogP contribution in [0.15, 0.2) is 261 Å². The molecule has 0 saturated heterocycles. The minimum absolute atomic E-state index is 1.09. The fraction of sp³-hybridized carbons (Fsp3) is 0. The quantitative estimate of drug-likeness (QED) is 0.140. The van der Waals surface area contributed by atoms with Crippen LogP contribution in [0, 0.1) is 0 Å². The van der Waals surface area contributed by atoms with Crippen molar-refractivity contribution >= 4 is 59.3 Å². The number of hydrogen-bond acceptors (Lipinski definition) is 2. The van der Waals surface area contributed by atoms with Crippen molar-refractivity contribution in [2.24, 2.45) is 0 Å². The second-order valence-electron chi connectivity index (χ2n) is 16.9. The number of fused-ring (bicyclic) bond motifs is 4. The minimum Gasteiger partial charge on any atom is -0.310 e. The molecule has 0 unspecified atom stereocenters. The Balaban J connectivity index is 0.887. The summed E-state index contributed by atoms with van der Waals surface area (Å²) in [6.45, 7) is 0. The molecule has 0 aliphatic carbocycles. The van der Waals surface area contributed by atoms with Crippen molar-refractivity contribution in [2.75, 3.05) is 4.90 Å². The van der Waals surface area contributed by atoms with E-state index in [0.717, 1.165) is 17.1 Å². The van der Waals surface area contributed by atoms with Crippen LogP contribution in [0.25, 0.3) is 97.7 Å². The molecule has 1 heterocycles. The number of rotatable bonds is 9. The van der Waals surface area contributed by atoms with Crippen molar-refractivity contribution in [3.63, 3.8) is 0 Å². The number of hydrogen-bond donors (Lipinski definition) is 0. The highest BCUT2D eigenvalue weighted by molar-refractivity contribution is 7.26. The van der Waals surface area contributed by atoms with Gasteiger partial charge in [0, 0.05) is 37.1 Å². The average Bonchev–Trinajstić information content (AvgIpc) is 3.79. The van der Waals surface area contributed by atoms with Gasteiger partial charge in [0.15, 0.2) is 0 Å². The molecule has 0 amide bonds. The van der Waals surface area contributed by atoms with Gasteiger partial charge in [-0.3, -0.25) is 0 Å². The van der Waals surface area contributed by atoms with E-state index < -0.39 is 0 Å². The summed E-state index contributed by atoms with van der Waals surface area (Å²) in [6.07, 6.45) is 0. The van der Waals surface area contributed by atoms with Crippen LogP contribution < -0.4 is 4.90 Å². The number of thiophene rings is 1. The second kappa shape index (κ2) is 17.0. The van der Waals surface area contributed by atoms with E-state index >= 15 is 0 Å². The fourth-order valence-electron chi connectivity index (χ4n) is 9.48. The summed E-state index contributed by atoms with van der Waals surface area (Å²) in [5.41, 5.74) is 17.7. The Labute approximate surface area is 389 Å². The predicted octanol–water partition coefficient (Wildman–Crippen LogP) is 18.7.